The number of nitrogens with zero attached hydrogens (tertiary/aromatic N) is 3. The van der Waals surface area contributed by atoms with Crippen LogP contribution in [0.5, 0.6) is 0 Å². The lowest BCUT2D eigenvalue weighted by Gasteiger charge is -2.49. The van der Waals surface area contributed by atoms with Crippen LogP contribution in [-0.2, 0) is 11.3 Å². The van der Waals surface area contributed by atoms with Gasteiger partial charge >= 0.3 is 0 Å². The van der Waals surface area contributed by atoms with E-state index in [1.807, 2.05) is 17.0 Å². The molecule has 1 atom stereocenters. The number of amides is 1. The maximum atomic E-state index is 12.3. The van der Waals surface area contributed by atoms with Crippen molar-refractivity contribution in [3.63, 3.8) is 0 Å². The molecular weight excluding hydrogens is 326 g/mol. The van der Waals surface area contributed by atoms with E-state index < -0.39 is 0 Å². The minimum Gasteiger partial charge on any atom is -0.460 e. The van der Waals surface area contributed by atoms with E-state index in [-0.39, 0.29) is 5.54 Å². The molecule has 1 aromatic carbocycles. The van der Waals surface area contributed by atoms with Crippen molar-refractivity contribution in [1.29, 1.82) is 0 Å². The molecular formula is C21H29N3O2. The first-order chi connectivity index (χ1) is 12.6. The Bertz CT molecular complexity index is 753. The van der Waals surface area contributed by atoms with Gasteiger partial charge in [0.25, 0.3) is 0 Å². The molecule has 2 aliphatic heterocycles. The van der Waals surface area contributed by atoms with Gasteiger partial charge in [-0.2, -0.15) is 0 Å². The first kappa shape index (κ1) is 17.6. The van der Waals surface area contributed by atoms with Gasteiger partial charge < -0.3 is 9.32 Å². The van der Waals surface area contributed by atoms with Crippen LogP contribution in [0.3, 0.4) is 0 Å². The average molecular weight is 355 g/mol. The van der Waals surface area contributed by atoms with Crippen LogP contribution in [0.1, 0.15) is 31.9 Å². The highest BCUT2D eigenvalue weighted by Crippen LogP contribution is 2.33. The van der Waals surface area contributed by atoms with E-state index in [1.54, 1.807) is 0 Å². The molecule has 2 saturated heterocycles. The Morgan fingerprint density at radius 1 is 1.15 bits per heavy atom. The number of furan rings is 1. The number of likely N-dealkylation sites (N-methyl/N-ethyl adjacent to an activating group) is 1. The van der Waals surface area contributed by atoms with Crippen LogP contribution in [-0.4, -0.2) is 65.9 Å². The number of likely N-dealkylation sites (tertiary alicyclic amines) is 1. The summed E-state index contributed by atoms with van der Waals surface area (Å²) in [4.78, 5) is 19.3. The van der Waals surface area contributed by atoms with Gasteiger partial charge in [-0.15, -0.1) is 0 Å². The lowest BCUT2D eigenvalue weighted by Crippen LogP contribution is -2.60. The molecule has 1 amide bonds. The molecule has 5 nitrogen and oxygen atoms in total. The minimum atomic E-state index is 0.101. The summed E-state index contributed by atoms with van der Waals surface area (Å²) in [6.45, 7) is 7.70. The van der Waals surface area contributed by atoms with Gasteiger partial charge in [0, 0.05) is 50.1 Å². The van der Waals surface area contributed by atoms with Crippen molar-refractivity contribution < 1.29 is 9.21 Å². The van der Waals surface area contributed by atoms with Gasteiger partial charge in [0.15, 0.2) is 0 Å². The summed E-state index contributed by atoms with van der Waals surface area (Å²) in [5, 5.41) is 1.17. The Kier molecular flexibility index (Phi) is 4.76. The second kappa shape index (κ2) is 7.05. The Hall–Kier alpha value is -1.85. The second-order valence-corrected chi connectivity index (χ2v) is 7.83. The lowest BCUT2D eigenvalue weighted by molar-refractivity contribution is -0.130. The van der Waals surface area contributed by atoms with Crippen molar-refractivity contribution in [3.8, 4) is 0 Å². The summed E-state index contributed by atoms with van der Waals surface area (Å²) in [6, 6.07) is 10.4. The molecule has 1 aromatic heterocycles. The number of hydrogen-bond acceptors (Lipinski definition) is 4. The summed E-state index contributed by atoms with van der Waals surface area (Å²) in [7, 11) is 2.23. The first-order valence-corrected chi connectivity index (χ1v) is 9.78. The standard InChI is InChI=1S/C21H29N3O2/c1-3-24-11-10-21(9-8-20(24)25)16-23(13-12-22(21)2)15-18-14-17-6-4-5-7-19(17)26-18/h4-7,14H,3,8-13,15-16H2,1-2H3/t21-/m1/s1. The SMILES string of the molecule is CCN1CC[C@]2(CCC1=O)CN(Cc1cc3ccccc3o1)CCN2C. The van der Waals surface area contributed by atoms with Crippen molar-refractivity contribution in [2.45, 2.75) is 38.3 Å². The van der Waals surface area contributed by atoms with Gasteiger partial charge in [0.05, 0.1) is 6.54 Å². The molecule has 26 heavy (non-hydrogen) atoms. The maximum Gasteiger partial charge on any atom is 0.222 e. The molecule has 140 valence electrons. The zero-order valence-electron chi connectivity index (χ0n) is 15.9. The molecule has 0 saturated carbocycles. The van der Waals surface area contributed by atoms with Gasteiger partial charge in [-0.3, -0.25) is 14.6 Å². The Morgan fingerprint density at radius 2 is 2.00 bits per heavy atom. The Balaban J connectivity index is 1.50. The third-order valence-electron chi connectivity index (χ3n) is 6.32. The van der Waals surface area contributed by atoms with Crippen LogP contribution in [0.15, 0.2) is 34.7 Å². The predicted octanol–water partition coefficient (Wildman–Crippen LogP) is 2.95. The normalized spacial score (nSPS) is 25.9. The van der Waals surface area contributed by atoms with Crippen LogP contribution in [0.25, 0.3) is 11.0 Å². The van der Waals surface area contributed by atoms with Gasteiger partial charge in [0.1, 0.15) is 11.3 Å². The Labute approximate surface area is 155 Å². The number of carbonyl (C=O) groups is 1. The van der Waals surface area contributed by atoms with Crippen molar-refractivity contribution in [3.05, 3.63) is 36.1 Å². The fraction of sp³-hybridized carbons (Fsp3) is 0.571. The highest BCUT2D eigenvalue weighted by Gasteiger charge is 2.42. The smallest absolute Gasteiger partial charge is 0.222 e. The second-order valence-electron chi connectivity index (χ2n) is 7.83. The third-order valence-corrected chi connectivity index (χ3v) is 6.32. The number of benzene rings is 1. The third kappa shape index (κ3) is 3.26. The number of hydrogen-bond donors (Lipinski definition) is 0. The molecule has 0 aliphatic carbocycles. The zero-order valence-corrected chi connectivity index (χ0v) is 15.9. The number of piperazine rings is 1. The molecule has 2 aromatic rings. The largest absolute Gasteiger partial charge is 0.460 e. The van der Waals surface area contributed by atoms with Crippen molar-refractivity contribution in [2.75, 3.05) is 39.8 Å². The molecule has 4 rings (SSSR count). The van der Waals surface area contributed by atoms with Crippen LogP contribution in [0.4, 0.5) is 0 Å². The molecule has 0 bridgehead atoms. The highest BCUT2D eigenvalue weighted by molar-refractivity contribution is 5.77. The van der Waals surface area contributed by atoms with Gasteiger partial charge in [-0.25, -0.2) is 0 Å². The van der Waals surface area contributed by atoms with Crippen LogP contribution in [0.2, 0.25) is 0 Å². The van der Waals surface area contributed by atoms with E-state index in [0.717, 1.165) is 63.5 Å². The summed E-state index contributed by atoms with van der Waals surface area (Å²) >= 11 is 0. The lowest BCUT2D eigenvalue weighted by atomic mass is 9.86. The quantitative estimate of drug-likeness (QED) is 0.849. The molecule has 0 unspecified atom stereocenters. The van der Waals surface area contributed by atoms with Gasteiger partial charge in [-0.05, 0) is 38.9 Å². The average Bonchev–Trinajstić information content (AvgIpc) is 2.98. The zero-order chi connectivity index (χ0) is 18.1. The van der Waals surface area contributed by atoms with Crippen LogP contribution < -0.4 is 0 Å². The summed E-state index contributed by atoms with van der Waals surface area (Å²) in [5.74, 6) is 1.35. The summed E-state index contributed by atoms with van der Waals surface area (Å²) < 4.78 is 6.03. The minimum absolute atomic E-state index is 0.101. The molecule has 3 heterocycles. The van der Waals surface area contributed by atoms with E-state index in [9.17, 15) is 4.79 Å². The number of carbonyl (C=O) groups excluding carboxylic acids is 1. The molecule has 2 aliphatic rings. The molecule has 0 radical (unpaired) electrons. The van der Waals surface area contributed by atoms with Crippen molar-refractivity contribution in [1.82, 2.24) is 14.7 Å². The molecule has 2 fully saturated rings. The molecule has 1 spiro atoms. The van der Waals surface area contributed by atoms with Crippen molar-refractivity contribution >= 4 is 16.9 Å². The van der Waals surface area contributed by atoms with Crippen LogP contribution in [0, 0.1) is 0 Å². The fourth-order valence-corrected chi connectivity index (χ4v) is 4.58. The molecule has 0 N–H and O–H groups in total. The Morgan fingerprint density at radius 3 is 2.81 bits per heavy atom. The number of para-hydroxylation sites is 1. The van der Waals surface area contributed by atoms with Crippen molar-refractivity contribution in [2.24, 2.45) is 0 Å². The first-order valence-electron chi connectivity index (χ1n) is 9.78. The van der Waals surface area contributed by atoms with Gasteiger partial charge in [-0.1, -0.05) is 18.2 Å². The summed E-state index contributed by atoms with van der Waals surface area (Å²) in [5.41, 5.74) is 1.06. The number of rotatable bonds is 3. The van der Waals surface area contributed by atoms with E-state index in [1.165, 1.54) is 5.39 Å². The predicted molar refractivity (Wildman–Crippen MR) is 103 cm³/mol. The van der Waals surface area contributed by atoms with Gasteiger partial charge in [0.2, 0.25) is 5.91 Å². The molecule has 5 heteroatoms. The fourth-order valence-electron chi connectivity index (χ4n) is 4.58. The highest BCUT2D eigenvalue weighted by atomic mass is 16.3. The number of fused-ring (bicyclic) bond motifs is 1. The maximum absolute atomic E-state index is 12.3. The van der Waals surface area contributed by atoms with E-state index >= 15 is 0 Å². The van der Waals surface area contributed by atoms with E-state index in [4.69, 9.17) is 4.42 Å². The monoisotopic (exact) mass is 355 g/mol. The summed E-state index contributed by atoms with van der Waals surface area (Å²) in [6.07, 6.45) is 2.67. The topological polar surface area (TPSA) is 39.9 Å². The van der Waals surface area contributed by atoms with E-state index in [0.29, 0.717) is 12.3 Å². The van der Waals surface area contributed by atoms with Crippen LogP contribution >= 0.6 is 0 Å². The van der Waals surface area contributed by atoms with E-state index in [2.05, 4.69) is 42.0 Å².